The SMILES string of the molecule is CCNC(=O)c1cccc(CNC(=O)c2ccc(COc3ccccc3C#N)o2)c1. The zero-order valence-corrected chi connectivity index (χ0v) is 16.5. The van der Waals surface area contributed by atoms with Crippen LogP contribution in [0, 0.1) is 11.3 Å². The predicted molar refractivity (Wildman–Crippen MR) is 110 cm³/mol. The van der Waals surface area contributed by atoms with E-state index in [0.29, 0.717) is 29.2 Å². The molecule has 1 aromatic heterocycles. The molecule has 1 heterocycles. The second-order valence-electron chi connectivity index (χ2n) is 6.41. The Morgan fingerprint density at radius 1 is 1.03 bits per heavy atom. The number of carbonyl (C=O) groups is 2. The monoisotopic (exact) mass is 403 g/mol. The number of benzene rings is 2. The molecule has 0 saturated carbocycles. The maximum atomic E-state index is 12.4. The standard InChI is InChI=1S/C23H21N3O4/c1-2-25-22(27)17-8-5-6-16(12-17)14-26-23(28)21-11-10-19(30-21)15-29-20-9-4-3-7-18(20)13-24/h3-12H,2,14-15H2,1H3,(H,25,27)(H,26,28). The van der Waals surface area contributed by atoms with Crippen LogP contribution in [0.1, 0.15) is 44.7 Å². The molecule has 0 aliphatic carbocycles. The van der Waals surface area contributed by atoms with Gasteiger partial charge in [0.1, 0.15) is 24.2 Å². The predicted octanol–water partition coefficient (Wildman–Crippen LogP) is 3.41. The first kappa shape index (κ1) is 20.7. The van der Waals surface area contributed by atoms with Gasteiger partial charge in [0.25, 0.3) is 11.8 Å². The molecule has 0 atom stereocenters. The van der Waals surface area contributed by atoms with Gasteiger partial charge >= 0.3 is 0 Å². The van der Waals surface area contributed by atoms with Crippen LogP contribution in [-0.2, 0) is 13.2 Å². The third-order valence-electron chi connectivity index (χ3n) is 4.24. The van der Waals surface area contributed by atoms with Gasteiger partial charge in [-0.1, -0.05) is 24.3 Å². The summed E-state index contributed by atoms with van der Waals surface area (Å²) >= 11 is 0. The summed E-state index contributed by atoms with van der Waals surface area (Å²) in [5.74, 6) is 0.545. The number of carbonyl (C=O) groups excluding carboxylic acids is 2. The first-order valence-corrected chi connectivity index (χ1v) is 9.46. The van der Waals surface area contributed by atoms with Crippen molar-refractivity contribution >= 4 is 11.8 Å². The van der Waals surface area contributed by atoms with Gasteiger partial charge in [-0.2, -0.15) is 5.26 Å². The molecule has 0 radical (unpaired) electrons. The summed E-state index contributed by atoms with van der Waals surface area (Å²) < 4.78 is 11.1. The number of nitriles is 1. The second kappa shape index (κ2) is 9.94. The number of hydrogen-bond acceptors (Lipinski definition) is 5. The van der Waals surface area contributed by atoms with E-state index < -0.39 is 0 Å². The maximum absolute atomic E-state index is 12.4. The average Bonchev–Trinajstić information content (AvgIpc) is 3.26. The topological polar surface area (TPSA) is 104 Å². The van der Waals surface area contributed by atoms with Crippen molar-refractivity contribution in [1.29, 1.82) is 5.26 Å². The highest BCUT2D eigenvalue weighted by molar-refractivity contribution is 5.94. The van der Waals surface area contributed by atoms with Crippen molar-refractivity contribution in [3.63, 3.8) is 0 Å². The Kier molecular flexibility index (Phi) is 6.85. The van der Waals surface area contributed by atoms with Crippen molar-refractivity contribution in [3.05, 3.63) is 88.9 Å². The van der Waals surface area contributed by atoms with Crippen LogP contribution in [0.15, 0.2) is 65.1 Å². The first-order valence-electron chi connectivity index (χ1n) is 9.46. The Balaban J connectivity index is 1.56. The fraction of sp³-hybridized carbons (Fsp3) is 0.174. The van der Waals surface area contributed by atoms with Crippen molar-refractivity contribution in [2.45, 2.75) is 20.1 Å². The molecule has 0 fully saturated rings. The first-order chi connectivity index (χ1) is 14.6. The van der Waals surface area contributed by atoms with Gasteiger partial charge in [-0.3, -0.25) is 9.59 Å². The van der Waals surface area contributed by atoms with Crippen LogP contribution in [-0.4, -0.2) is 18.4 Å². The van der Waals surface area contributed by atoms with Gasteiger partial charge in [0.05, 0.1) is 5.56 Å². The molecular weight excluding hydrogens is 382 g/mol. The normalized spacial score (nSPS) is 10.1. The summed E-state index contributed by atoms with van der Waals surface area (Å²) in [6, 6.07) is 19.2. The number of nitrogens with zero attached hydrogens (tertiary/aromatic N) is 1. The number of hydrogen-bond donors (Lipinski definition) is 2. The highest BCUT2D eigenvalue weighted by atomic mass is 16.5. The van der Waals surface area contributed by atoms with Crippen molar-refractivity contribution in [1.82, 2.24) is 10.6 Å². The number of amides is 2. The average molecular weight is 403 g/mol. The molecule has 7 heteroatoms. The summed E-state index contributed by atoms with van der Waals surface area (Å²) in [6.07, 6.45) is 0. The highest BCUT2D eigenvalue weighted by Gasteiger charge is 2.12. The number of para-hydroxylation sites is 1. The molecular formula is C23H21N3O4. The van der Waals surface area contributed by atoms with E-state index in [1.54, 1.807) is 54.6 Å². The molecule has 0 saturated heterocycles. The minimum atomic E-state index is -0.373. The minimum absolute atomic E-state index is 0.0978. The summed E-state index contributed by atoms with van der Waals surface area (Å²) in [7, 11) is 0. The van der Waals surface area contributed by atoms with Gasteiger partial charge in [-0.25, -0.2) is 0 Å². The summed E-state index contributed by atoms with van der Waals surface area (Å²) in [5, 5.41) is 14.6. The lowest BCUT2D eigenvalue weighted by Crippen LogP contribution is -2.24. The Labute approximate surface area is 174 Å². The molecule has 0 unspecified atom stereocenters. The Morgan fingerprint density at radius 2 is 1.87 bits per heavy atom. The molecule has 0 bridgehead atoms. The van der Waals surface area contributed by atoms with Crippen molar-refractivity contribution < 1.29 is 18.7 Å². The number of ether oxygens (including phenoxy) is 1. The zero-order valence-electron chi connectivity index (χ0n) is 16.5. The fourth-order valence-corrected chi connectivity index (χ4v) is 2.77. The molecule has 152 valence electrons. The summed E-state index contributed by atoms with van der Waals surface area (Å²) in [4.78, 5) is 24.3. The van der Waals surface area contributed by atoms with E-state index in [0.717, 1.165) is 5.56 Å². The molecule has 0 spiro atoms. The van der Waals surface area contributed by atoms with Gasteiger partial charge in [-0.15, -0.1) is 0 Å². The largest absolute Gasteiger partial charge is 0.484 e. The molecule has 2 aromatic carbocycles. The van der Waals surface area contributed by atoms with Crippen LogP contribution < -0.4 is 15.4 Å². The number of nitrogens with one attached hydrogen (secondary N) is 2. The van der Waals surface area contributed by atoms with E-state index >= 15 is 0 Å². The lowest BCUT2D eigenvalue weighted by atomic mass is 10.1. The third-order valence-corrected chi connectivity index (χ3v) is 4.24. The fourth-order valence-electron chi connectivity index (χ4n) is 2.77. The summed E-state index contributed by atoms with van der Waals surface area (Å²) in [5.41, 5.74) is 1.77. The lowest BCUT2D eigenvalue weighted by Gasteiger charge is -2.07. The molecule has 2 amide bonds. The van der Waals surface area contributed by atoms with Gasteiger partial charge < -0.3 is 19.8 Å². The van der Waals surface area contributed by atoms with E-state index in [2.05, 4.69) is 16.7 Å². The second-order valence-corrected chi connectivity index (χ2v) is 6.41. The quantitative estimate of drug-likeness (QED) is 0.600. The Hall–Kier alpha value is -4.05. The van der Waals surface area contributed by atoms with Gasteiger partial charge in [-0.05, 0) is 48.9 Å². The van der Waals surface area contributed by atoms with Crippen LogP contribution in [0.5, 0.6) is 5.75 Å². The van der Waals surface area contributed by atoms with Gasteiger partial charge in [0.2, 0.25) is 0 Å². The van der Waals surface area contributed by atoms with Crippen LogP contribution in [0.25, 0.3) is 0 Å². The Morgan fingerprint density at radius 3 is 2.67 bits per heavy atom. The van der Waals surface area contributed by atoms with Crippen molar-refractivity contribution in [3.8, 4) is 11.8 Å². The van der Waals surface area contributed by atoms with E-state index in [1.807, 2.05) is 13.0 Å². The zero-order chi connectivity index (χ0) is 21.3. The summed E-state index contributed by atoms with van der Waals surface area (Å²) in [6.45, 7) is 2.76. The molecule has 3 rings (SSSR count). The minimum Gasteiger partial charge on any atom is -0.484 e. The lowest BCUT2D eigenvalue weighted by molar-refractivity contribution is 0.0918. The van der Waals surface area contributed by atoms with Crippen molar-refractivity contribution in [2.24, 2.45) is 0 Å². The van der Waals surface area contributed by atoms with Gasteiger partial charge in [0.15, 0.2) is 5.76 Å². The van der Waals surface area contributed by atoms with E-state index in [-0.39, 0.29) is 30.7 Å². The number of furan rings is 1. The van der Waals surface area contributed by atoms with E-state index in [4.69, 9.17) is 14.4 Å². The van der Waals surface area contributed by atoms with Crippen LogP contribution >= 0.6 is 0 Å². The molecule has 7 nitrogen and oxygen atoms in total. The maximum Gasteiger partial charge on any atom is 0.287 e. The Bertz CT molecular complexity index is 1080. The molecule has 0 aliphatic rings. The highest BCUT2D eigenvalue weighted by Crippen LogP contribution is 2.19. The van der Waals surface area contributed by atoms with Crippen LogP contribution in [0.3, 0.4) is 0 Å². The third kappa shape index (κ3) is 5.26. The van der Waals surface area contributed by atoms with E-state index in [9.17, 15) is 9.59 Å². The smallest absolute Gasteiger partial charge is 0.287 e. The van der Waals surface area contributed by atoms with E-state index in [1.165, 1.54) is 0 Å². The number of rotatable bonds is 8. The van der Waals surface area contributed by atoms with Gasteiger partial charge in [0, 0.05) is 18.7 Å². The molecule has 2 N–H and O–H groups in total. The van der Waals surface area contributed by atoms with Crippen LogP contribution in [0.4, 0.5) is 0 Å². The van der Waals surface area contributed by atoms with Crippen LogP contribution in [0.2, 0.25) is 0 Å². The molecule has 30 heavy (non-hydrogen) atoms. The molecule has 0 aliphatic heterocycles. The van der Waals surface area contributed by atoms with Crippen molar-refractivity contribution in [2.75, 3.05) is 6.54 Å². The molecule has 3 aromatic rings.